The third-order valence-electron chi connectivity index (χ3n) is 4.10. The smallest absolute Gasteiger partial charge is 0.161 e. The Morgan fingerprint density at radius 1 is 1.17 bits per heavy atom. The van der Waals surface area contributed by atoms with Crippen molar-refractivity contribution in [1.29, 1.82) is 0 Å². The van der Waals surface area contributed by atoms with Gasteiger partial charge in [0.15, 0.2) is 5.82 Å². The van der Waals surface area contributed by atoms with Gasteiger partial charge in [0.1, 0.15) is 11.6 Å². The molecule has 2 N–H and O–H groups in total. The molecular formula is C24H31ClN4O. The number of aromatic nitrogens is 2. The molecule has 0 bridgehead atoms. The Morgan fingerprint density at radius 2 is 1.90 bits per heavy atom. The van der Waals surface area contributed by atoms with Crippen molar-refractivity contribution in [3.05, 3.63) is 71.3 Å². The van der Waals surface area contributed by atoms with Crippen LogP contribution in [0.2, 0.25) is 5.02 Å². The number of aryl methyl sites for hydroxylation is 1. The molecule has 160 valence electrons. The van der Waals surface area contributed by atoms with Gasteiger partial charge in [-0.3, -0.25) is 0 Å². The van der Waals surface area contributed by atoms with Crippen LogP contribution in [0.5, 0.6) is 0 Å². The van der Waals surface area contributed by atoms with E-state index < -0.39 is 0 Å². The fraction of sp³-hybridized carbons (Fsp3) is 0.333. The Kier molecular flexibility index (Phi) is 9.42. The van der Waals surface area contributed by atoms with Crippen molar-refractivity contribution in [3.63, 3.8) is 0 Å². The second kappa shape index (κ2) is 12.0. The first-order valence-electron chi connectivity index (χ1n) is 10.4. The van der Waals surface area contributed by atoms with Crippen LogP contribution in [0.3, 0.4) is 0 Å². The summed E-state index contributed by atoms with van der Waals surface area (Å²) >= 11 is 5.98. The molecule has 1 atom stereocenters. The van der Waals surface area contributed by atoms with Gasteiger partial charge in [0.2, 0.25) is 0 Å². The minimum Gasteiger partial charge on any atom is -0.463 e. The standard InChI is InChI=1S/C22H25ClN4O.C2H6/c1-4-11-24-19(20-6-5-12-28-20)13-15(2)25-21-14-16(3)26-22(27-21)17-7-9-18(23)10-8-17;1-2/h5-10,12-15,24H,4,11H2,1-3H3,(H,25,26,27);1-2H3/b19-13-;. The lowest BCUT2D eigenvalue weighted by atomic mass is 10.2. The fourth-order valence-electron chi connectivity index (χ4n) is 2.82. The lowest BCUT2D eigenvalue weighted by Gasteiger charge is -2.15. The van der Waals surface area contributed by atoms with Gasteiger partial charge in [0.05, 0.1) is 12.0 Å². The number of halogens is 1. The number of benzene rings is 1. The molecule has 1 aromatic carbocycles. The van der Waals surface area contributed by atoms with E-state index in [2.05, 4.69) is 40.5 Å². The van der Waals surface area contributed by atoms with Crippen molar-refractivity contribution in [2.75, 3.05) is 11.9 Å². The molecule has 5 nitrogen and oxygen atoms in total. The van der Waals surface area contributed by atoms with Gasteiger partial charge in [-0.25, -0.2) is 9.97 Å². The molecule has 0 aliphatic heterocycles. The predicted molar refractivity (Wildman–Crippen MR) is 127 cm³/mol. The number of nitrogens with one attached hydrogen (secondary N) is 2. The molecule has 0 aliphatic carbocycles. The van der Waals surface area contributed by atoms with E-state index in [0.717, 1.165) is 41.5 Å². The van der Waals surface area contributed by atoms with Gasteiger partial charge in [0, 0.05) is 34.9 Å². The zero-order chi connectivity index (χ0) is 21.9. The van der Waals surface area contributed by atoms with Crippen LogP contribution in [0.25, 0.3) is 17.1 Å². The number of furan rings is 1. The van der Waals surface area contributed by atoms with Crippen molar-refractivity contribution in [2.45, 2.75) is 47.1 Å². The molecular weight excluding hydrogens is 396 g/mol. The van der Waals surface area contributed by atoms with Gasteiger partial charge in [-0.1, -0.05) is 32.4 Å². The molecule has 2 aromatic heterocycles. The van der Waals surface area contributed by atoms with Gasteiger partial charge in [-0.05, 0) is 62.7 Å². The number of nitrogens with zero attached hydrogens (tertiary/aromatic N) is 2. The molecule has 0 saturated heterocycles. The zero-order valence-corrected chi connectivity index (χ0v) is 19.1. The first kappa shape index (κ1) is 23.5. The van der Waals surface area contributed by atoms with E-state index in [1.807, 2.05) is 63.2 Å². The Morgan fingerprint density at radius 3 is 2.53 bits per heavy atom. The van der Waals surface area contributed by atoms with Crippen molar-refractivity contribution < 1.29 is 4.42 Å². The van der Waals surface area contributed by atoms with E-state index in [4.69, 9.17) is 16.0 Å². The number of hydrogen-bond donors (Lipinski definition) is 2. The summed E-state index contributed by atoms with van der Waals surface area (Å²) in [6, 6.07) is 13.4. The SMILES string of the molecule is CC.CCCN/C(=C\C(C)Nc1cc(C)nc(-c2ccc(Cl)cc2)n1)c1ccco1. The Labute approximate surface area is 184 Å². The van der Waals surface area contributed by atoms with Gasteiger partial charge in [-0.15, -0.1) is 0 Å². The highest BCUT2D eigenvalue weighted by Gasteiger charge is 2.10. The van der Waals surface area contributed by atoms with Crippen LogP contribution in [0.1, 0.15) is 45.6 Å². The minimum absolute atomic E-state index is 0.0387. The molecule has 2 heterocycles. The molecule has 0 spiro atoms. The monoisotopic (exact) mass is 426 g/mol. The summed E-state index contributed by atoms with van der Waals surface area (Å²) < 4.78 is 5.55. The first-order valence-corrected chi connectivity index (χ1v) is 10.8. The van der Waals surface area contributed by atoms with Gasteiger partial charge in [-0.2, -0.15) is 0 Å². The molecule has 3 aromatic rings. The van der Waals surface area contributed by atoms with E-state index in [9.17, 15) is 0 Å². The highest BCUT2D eigenvalue weighted by molar-refractivity contribution is 6.30. The van der Waals surface area contributed by atoms with Gasteiger partial charge >= 0.3 is 0 Å². The second-order valence-electron chi connectivity index (χ2n) is 6.64. The third-order valence-corrected chi connectivity index (χ3v) is 4.35. The number of rotatable bonds is 8. The van der Waals surface area contributed by atoms with Crippen molar-refractivity contribution in [3.8, 4) is 11.4 Å². The van der Waals surface area contributed by atoms with Crippen LogP contribution in [0, 0.1) is 6.92 Å². The summed E-state index contributed by atoms with van der Waals surface area (Å²) in [6.07, 6.45) is 4.82. The van der Waals surface area contributed by atoms with E-state index >= 15 is 0 Å². The van der Waals surface area contributed by atoms with Crippen LogP contribution >= 0.6 is 11.6 Å². The Bertz CT molecular complexity index is 921. The second-order valence-corrected chi connectivity index (χ2v) is 7.08. The molecule has 6 heteroatoms. The quantitative estimate of drug-likeness (QED) is 0.426. The van der Waals surface area contributed by atoms with Gasteiger partial charge < -0.3 is 15.1 Å². The van der Waals surface area contributed by atoms with Crippen LogP contribution in [0.4, 0.5) is 5.82 Å². The third kappa shape index (κ3) is 6.92. The number of hydrogen-bond acceptors (Lipinski definition) is 5. The highest BCUT2D eigenvalue weighted by Crippen LogP contribution is 2.21. The van der Waals surface area contributed by atoms with Crippen LogP contribution in [0.15, 0.2) is 59.2 Å². The van der Waals surface area contributed by atoms with Crippen LogP contribution in [-0.2, 0) is 0 Å². The molecule has 0 saturated carbocycles. The summed E-state index contributed by atoms with van der Waals surface area (Å²) in [5.74, 6) is 2.27. The summed E-state index contributed by atoms with van der Waals surface area (Å²) in [4.78, 5) is 9.21. The normalized spacial score (nSPS) is 12.0. The molecule has 0 fully saturated rings. The topological polar surface area (TPSA) is 63.0 Å². The summed E-state index contributed by atoms with van der Waals surface area (Å²) in [5.41, 5.74) is 2.80. The fourth-order valence-corrected chi connectivity index (χ4v) is 2.94. The Balaban J connectivity index is 0.00000155. The summed E-state index contributed by atoms with van der Waals surface area (Å²) in [7, 11) is 0. The molecule has 30 heavy (non-hydrogen) atoms. The predicted octanol–water partition coefficient (Wildman–Crippen LogP) is 6.57. The molecule has 0 aliphatic rings. The molecule has 0 radical (unpaired) electrons. The molecule has 1 unspecified atom stereocenters. The lowest BCUT2D eigenvalue weighted by Crippen LogP contribution is -2.19. The maximum atomic E-state index is 5.98. The van der Waals surface area contributed by atoms with E-state index in [1.54, 1.807) is 6.26 Å². The molecule has 3 rings (SSSR count). The van der Waals surface area contributed by atoms with Crippen LogP contribution in [-0.4, -0.2) is 22.6 Å². The minimum atomic E-state index is 0.0387. The first-order chi connectivity index (χ1) is 14.5. The average Bonchev–Trinajstić information content (AvgIpc) is 3.27. The van der Waals surface area contributed by atoms with Crippen molar-refractivity contribution in [1.82, 2.24) is 15.3 Å². The molecule has 0 amide bonds. The van der Waals surface area contributed by atoms with Crippen LogP contribution < -0.4 is 10.6 Å². The maximum absolute atomic E-state index is 5.98. The highest BCUT2D eigenvalue weighted by atomic mass is 35.5. The maximum Gasteiger partial charge on any atom is 0.161 e. The van der Waals surface area contributed by atoms with Crippen molar-refractivity contribution >= 4 is 23.1 Å². The van der Waals surface area contributed by atoms with E-state index in [1.165, 1.54) is 0 Å². The summed E-state index contributed by atoms with van der Waals surface area (Å²) in [5, 5.41) is 7.56. The van der Waals surface area contributed by atoms with Gasteiger partial charge in [0.25, 0.3) is 0 Å². The zero-order valence-electron chi connectivity index (χ0n) is 18.4. The largest absolute Gasteiger partial charge is 0.463 e. The van der Waals surface area contributed by atoms with Crippen molar-refractivity contribution in [2.24, 2.45) is 0 Å². The number of anilines is 1. The van der Waals surface area contributed by atoms with E-state index in [-0.39, 0.29) is 6.04 Å². The Hall–Kier alpha value is -2.79. The average molecular weight is 427 g/mol. The summed E-state index contributed by atoms with van der Waals surface area (Å²) in [6.45, 7) is 11.1. The van der Waals surface area contributed by atoms with E-state index in [0.29, 0.717) is 10.8 Å². The lowest BCUT2D eigenvalue weighted by molar-refractivity contribution is 0.546.